The number of nitrogens with zero attached hydrogens (tertiary/aromatic N) is 2. The number of aryl methyl sites for hydroxylation is 1. The van der Waals surface area contributed by atoms with Crippen LogP contribution in [0.1, 0.15) is 29.9 Å². The highest BCUT2D eigenvalue weighted by molar-refractivity contribution is 6.31. The molecule has 0 bridgehead atoms. The van der Waals surface area contributed by atoms with Gasteiger partial charge in [-0.25, -0.2) is 4.39 Å². The Kier molecular flexibility index (Phi) is 6.44. The number of alkyl halides is 3. The van der Waals surface area contributed by atoms with Crippen LogP contribution in [0.25, 0.3) is 0 Å². The lowest BCUT2D eigenvalue weighted by atomic mass is 10.1. The largest absolute Gasteiger partial charge is 0.457 e. The Bertz CT molecular complexity index is 671. The maximum atomic E-state index is 13.6. The molecule has 0 aliphatic rings. The highest BCUT2D eigenvalue weighted by Gasteiger charge is 2.23. The zero-order chi connectivity index (χ0) is 17.7. The molecule has 24 heavy (non-hydrogen) atoms. The molecule has 5 nitrogen and oxygen atoms in total. The topological polar surface area (TPSA) is 68.4 Å². The minimum absolute atomic E-state index is 0.00332. The van der Waals surface area contributed by atoms with Gasteiger partial charge in [0.15, 0.2) is 6.17 Å². The van der Waals surface area contributed by atoms with E-state index in [1.807, 2.05) is 0 Å². The number of ether oxygens (including phenoxy) is 1. The molecule has 0 radical (unpaired) electrons. The van der Waals surface area contributed by atoms with Crippen LogP contribution in [0.3, 0.4) is 0 Å². The third-order valence-electron chi connectivity index (χ3n) is 3.18. The smallest absolute Gasteiger partial charge is 0.269 e. The molecular weight excluding hydrogens is 349 g/mol. The molecule has 0 amide bonds. The van der Waals surface area contributed by atoms with E-state index in [-0.39, 0.29) is 28.6 Å². The van der Waals surface area contributed by atoms with Gasteiger partial charge in [0.1, 0.15) is 5.75 Å². The lowest BCUT2D eigenvalue weighted by molar-refractivity contribution is -0.0113. The van der Waals surface area contributed by atoms with Gasteiger partial charge in [-0.05, 0) is 18.2 Å². The minimum Gasteiger partial charge on any atom is -0.457 e. The van der Waals surface area contributed by atoms with E-state index >= 15 is 0 Å². The van der Waals surface area contributed by atoms with Gasteiger partial charge in [0.2, 0.25) is 11.8 Å². The van der Waals surface area contributed by atoms with Crippen molar-refractivity contribution in [2.24, 2.45) is 0 Å². The van der Waals surface area contributed by atoms with E-state index in [9.17, 15) is 18.3 Å². The van der Waals surface area contributed by atoms with Gasteiger partial charge in [0.25, 0.3) is 6.36 Å². The van der Waals surface area contributed by atoms with Crippen LogP contribution in [0.15, 0.2) is 22.6 Å². The number of halogens is 4. The van der Waals surface area contributed by atoms with Crippen LogP contribution in [-0.4, -0.2) is 34.5 Å². The van der Waals surface area contributed by atoms with E-state index in [1.165, 1.54) is 18.2 Å². The first-order chi connectivity index (χ1) is 11.4. The summed E-state index contributed by atoms with van der Waals surface area (Å²) in [6.45, 7) is 0.621. The van der Waals surface area contributed by atoms with Crippen molar-refractivity contribution in [2.45, 2.75) is 38.4 Å². The normalized spacial score (nSPS) is 15.1. The number of rotatable bonds is 8. The van der Waals surface area contributed by atoms with Crippen LogP contribution >= 0.6 is 11.6 Å². The predicted octanol–water partition coefficient (Wildman–Crippen LogP) is 3.68. The number of benzene rings is 1. The van der Waals surface area contributed by atoms with Gasteiger partial charge in [0.05, 0.1) is 19.2 Å². The van der Waals surface area contributed by atoms with Crippen LogP contribution in [0, 0.1) is 6.92 Å². The van der Waals surface area contributed by atoms with E-state index in [2.05, 4.69) is 10.2 Å². The third-order valence-corrected chi connectivity index (χ3v) is 3.52. The first-order valence-electron chi connectivity index (χ1n) is 7.18. The third kappa shape index (κ3) is 4.85. The maximum Gasteiger partial charge on any atom is 0.269 e. The molecule has 0 aliphatic heterocycles. The lowest BCUT2D eigenvalue weighted by Crippen LogP contribution is -2.24. The molecule has 0 saturated carbocycles. The van der Waals surface area contributed by atoms with E-state index in [0.717, 1.165) is 0 Å². The summed E-state index contributed by atoms with van der Waals surface area (Å²) in [7, 11) is 0. The number of aromatic nitrogens is 2. The van der Waals surface area contributed by atoms with Gasteiger partial charge in [-0.1, -0.05) is 11.6 Å². The number of aliphatic hydroxyl groups is 1. The summed E-state index contributed by atoms with van der Waals surface area (Å²) < 4.78 is 48.8. The molecular formula is C15H16ClF3N2O3. The Balaban J connectivity index is 2.09. The van der Waals surface area contributed by atoms with E-state index in [4.69, 9.17) is 20.8 Å². The number of aliphatic hydroxyl groups excluding tert-OH is 1. The Labute approximate surface area is 141 Å². The lowest BCUT2D eigenvalue weighted by Gasteiger charge is -2.17. The first-order valence-corrected chi connectivity index (χ1v) is 7.55. The average Bonchev–Trinajstić information content (AvgIpc) is 2.94. The van der Waals surface area contributed by atoms with Crippen molar-refractivity contribution >= 4 is 11.6 Å². The van der Waals surface area contributed by atoms with Gasteiger partial charge in [-0.2, -0.15) is 4.39 Å². The average molecular weight is 365 g/mol. The standard InChI is InChI=1S/C15H16ClF3N2O3/c1-8-20-21-14(23-8)7-13(22)10-6-9(2-3-11(10)16)24-15(19)12(18)4-5-17/h2-3,6,12-13,15,22H,4-5,7H2,1H3. The molecule has 1 N–H and O–H groups in total. The van der Waals surface area contributed by atoms with Crippen molar-refractivity contribution in [1.82, 2.24) is 10.2 Å². The van der Waals surface area contributed by atoms with Crippen LogP contribution in [0.2, 0.25) is 5.02 Å². The minimum atomic E-state index is -2.31. The van der Waals surface area contributed by atoms with Crippen LogP contribution < -0.4 is 4.74 Å². The van der Waals surface area contributed by atoms with E-state index in [1.54, 1.807) is 6.92 Å². The Hall–Kier alpha value is -1.80. The van der Waals surface area contributed by atoms with Crippen molar-refractivity contribution < 1.29 is 27.4 Å². The van der Waals surface area contributed by atoms with Gasteiger partial charge in [-0.15, -0.1) is 10.2 Å². The van der Waals surface area contributed by atoms with Crippen LogP contribution in [-0.2, 0) is 6.42 Å². The highest BCUT2D eigenvalue weighted by Crippen LogP contribution is 2.30. The second kappa shape index (κ2) is 8.34. The second-order valence-corrected chi connectivity index (χ2v) is 5.49. The van der Waals surface area contributed by atoms with Crippen LogP contribution in [0.5, 0.6) is 5.75 Å². The summed E-state index contributed by atoms with van der Waals surface area (Å²) in [6.07, 6.45) is -6.10. The van der Waals surface area contributed by atoms with Crippen molar-refractivity contribution in [3.05, 3.63) is 40.6 Å². The SMILES string of the molecule is Cc1nnc(CC(O)c2cc(OC(F)C(F)CCF)ccc2Cl)o1. The predicted molar refractivity (Wildman–Crippen MR) is 80.2 cm³/mol. The summed E-state index contributed by atoms with van der Waals surface area (Å²) in [6, 6.07) is 3.98. The molecule has 9 heteroatoms. The maximum absolute atomic E-state index is 13.6. The molecule has 3 unspecified atom stereocenters. The van der Waals surface area contributed by atoms with Gasteiger partial charge in [0, 0.05) is 23.9 Å². The molecule has 0 aliphatic carbocycles. The monoisotopic (exact) mass is 364 g/mol. The molecule has 1 aromatic carbocycles. The highest BCUT2D eigenvalue weighted by atomic mass is 35.5. The molecule has 2 rings (SSSR count). The summed E-state index contributed by atoms with van der Waals surface area (Å²) >= 11 is 6.01. The first kappa shape index (κ1) is 18.5. The summed E-state index contributed by atoms with van der Waals surface area (Å²) in [5.74, 6) is 0.518. The molecule has 1 heterocycles. The zero-order valence-corrected chi connectivity index (χ0v) is 13.5. The van der Waals surface area contributed by atoms with Gasteiger partial charge in [-0.3, -0.25) is 4.39 Å². The molecule has 2 aromatic rings. The summed E-state index contributed by atoms with van der Waals surface area (Å²) in [5, 5.41) is 17.8. The molecule has 132 valence electrons. The fourth-order valence-electron chi connectivity index (χ4n) is 1.98. The molecule has 0 saturated heterocycles. The van der Waals surface area contributed by atoms with Crippen LogP contribution in [0.4, 0.5) is 13.2 Å². The summed E-state index contributed by atoms with van der Waals surface area (Å²) in [5.41, 5.74) is 0.234. The Morgan fingerprint density at radius 2 is 2.08 bits per heavy atom. The quantitative estimate of drug-likeness (QED) is 0.773. The zero-order valence-electron chi connectivity index (χ0n) is 12.8. The molecule has 3 atom stereocenters. The van der Waals surface area contributed by atoms with E-state index in [0.29, 0.717) is 5.89 Å². The molecule has 0 fully saturated rings. The van der Waals surface area contributed by atoms with Crippen molar-refractivity contribution in [3.63, 3.8) is 0 Å². The van der Waals surface area contributed by atoms with Crippen molar-refractivity contribution in [3.8, 4) is 5.75 Å². The second-order valence-electron chi connectivity index (χ2n) is 5.08. The van der Waals surface area contributed by atoms with Gasteiger partial charge < -0.3 is 14.3 Å². The molecule has 1 aromatic heterocycles. The van der Waals surface area contributed by atoms with Gasteiger partial charge >= 0.3 is 0 Å². The number of hydrogen-bond acceptors (Lipinski definition) is 5. The number of hydrogen-bond donors (Lipinski definition) is 1. The van der Waals surface area contributed by atoms with Crippen molar-refractivity contribution in [2.75, 3.05) is 6.67 Å². The van der Waals surface area contributed by atoms with E-state index < -0.39 is 31.7 Å². The fraction of sp³-hybridized carbons (Fsp3) is 0.467. The molecule has 0 spiro atoms. The Morgan fingerprint density at radius 3 is 2.71 bits per heavy atom. The summed E-state index contributed by atoms with van der Waals surface area (Å²) in [4.78, 5) is 0. The fourth-order valence-corrected chi connectivity index (χ4v) is 2.23. The Morgan fingerprint density at radius 1 is 1.33 bits per heavy atom. The van der Waals surface area contributed by atoms with Crippen molar-refractivity contribution in [1.29, 1.82) is 0 Å².